The Bertz CT molecular complexity index is 298. The van der Waals surface area contributed by atoms with Crippen LogP contribution in [0.4, 0.5) is 0 Å². The molecule has 0 unspecified atom stereocenters. The molecule has 0 aromatic rings. The fourth-order valence-electron chi connectivity index (χ4n) is 1.45. The molecule has 2 N–H and O–H groups in total. The van der Waals surface area contributed by atoms with Crippen LogP contribution in [0.5, 0.6) is 0 Å². The molecule has 90 valence electrons. The topological polar surface area (TPSA) is 70.6 Å². The second-order valence-electron chi connectivity index (χ2n) is 4.39. The van der Waals surface area contributed by atoms with Crippen molar-refractivity contribution in [3.63, 3.8) is 0 Å². The van der Waals surface area contributed by atoms with Gasteiger partial charge in [-0.05, 0) is 18.8 Å². The number of rotatable bonds is 5. The zero-order valence-electron chi connectivity index (χ0n) is 9.88. The smallest absolute Gasteiger partial charge is 0.267 e. The quantitative estimate of drug-likeness (QED) is 0.679. The Morgan fingerprint density at radius 1 is 1.50 bits per heavy atom. The van der Waals surface area contributed by atoms with Crippen molar-refractivity contribution in [2.24, 2.45) is 11.0 Å². The fraction of sp³-hybridized carbons (Fsp3) is 0.727. The maximum Gasteiger partial charge on any atom is 0.267 e. The van der Waals surface area contributed by atoms with Gasteiger partial charge in [0.15, 0.2) is 0 Å². The number of hydrazone groups is 1. The second-order valence-corrected chi connectivity index (χ2v) is 4.39. The van der Waals surface area contributed by atoms with Crippen molar-refractivity contribution in [1.82, 2.24) is 10.7 Å². The first-order valence-corrected chi connectivity index (χ1v) is 5.73. The number of hydrogen-bond acceptors (Lipinski definition) is 3. The minimum absolute atomic E-state index is 0.128. The average molecular weight is 225 g/mol. The number of nitrogens with zero attached hydrogens (tertiary/aromatic N) is 1. The van der Waals surface area contributed by atoms with Crippen molar-refractivity contribution in [2.75, 3.05) is 6.54 Å². The van der Waals surface area contributed by atoms with E-state index in [-0.39, 0.29) is 11.8 Å². The molecule has 1 heterocycles. The largest absolute Gasteiger partial charge is 0.351 e. The lowest BCUT2D eigenvalue weighted by Crippen LogP contribution is -2.37. The highest BCUT2D eigenvalue weighted by Crippen LogP contribution is 2.02. The lowest BCUT2D eigenvalue weighted by Gasteiger charge is -2.12. The molecule has 0 saturated heterocycles. The van der Waals surface area contributed by atoms with Gasteiger partial charge in [-0.15, -0.1) is 0 Å². The third-order valence-electron chi connectivity index (χ3n) is 2.41. The minimum Gasteiger partial charge on any atom is -0.351 e. The molecule has 1 rings (SSSR count). The van der Waals surface area contributed by atoms with Gasteiger partial charge >= 0.3 is 0 Å². The summed E-state index contributed by atoms with van der Waals surface area (Å²) in [6.07, 6.45) is 2.85. The van der Waals surface area contributed by atoms with Crippen LogP contribution in [0, 0.1) is 5.92 Å². The minimum atomic E-state index is -0.163. The summed E-state index contributed by atoms with van der Waals surface area (Å²) in [5.74, 6) is 0.364. The number of amides is 2. The van der Waals surface area contributed by atoms with Crippen molar-refractivity contribution in [1.29, 1.82) is 0 Å². The van der Waals surface area contributed by atoms with E-state index in [0.29, 0.717) is 31.0 Å². The molecule has 5 nitrogen and oxygen atoms in total. The summed E-state index contributed by atoms with van der Waals surface area (Å²) in [4.78, 5) is 22.4. The SMILES string of the molecule is CC(C)CCCNC(=O)C1=NNC(=O)CC1. The van der Waals surface area contributed by atoms with Gasteiger partial charge in [0, 0.05) is 19.4 Å². The molecule has 0 aromatic carbocycles. The molecule has 0 fully saturated rings. The normalized spacial score (nSPS) is 15.7. The molecule has 0 aliphatic carbocycles. The van der Waals surface area contributed by atoms with Gasteiger partial charge in [0.25, 0.3) is 5.91 Å². The van der Waals surface area contributed by atoms with Gasteiger partial charge in [-0.25, -0.2) is 5.43 Å². The predicted molar refractivity (Wildman–Crippen MR) is 61.9 cm³/mol. The number of nitrogens with one attached hydrogen (secondary N) is 2. The van der Waals surface area contributed by atoms with E-state index in [4.69, 9.17) is 0 Å². The summed E-state index contributed by atoms with van der Waals surface area (Å²) in [6.45, 7) is 4.98. The van der Waals surface area contributed by atoms with Crippen molar-refractivity contribution in [3.05, 3.63) is 0 Å². The molecule has 2 amide bonds. The van der Waals surface area contributed by atoms with Crippen LogP contribution in [0.15, 0.2) is 5.10 Å². The summed E-state index contributed by atoms with van der Waals surface area (Å²) in [5.41, 5.74) is 2.73. The Morgan fingerprint density at radius 3 is 2.81 bits per heavy atom. The molecule has 0 aromatic heterocycles. The van der Waals surface area contributed by atoms with E-state index in [1.807, 2.05) is 0 Å². The maximum absolute atomic E-state index is 11.6. The van der Waals surface area contributed by atoms with E-state index >= 15 is 0 Å². The van der Waals surface area contributed by atoms with E-state index in [1.165, 1.54) is 0 Å². The highest BCUT2D eigenvalue weighted by molar-refractivity contribution is 6.39. The third kappa shape index (κ3) is 4.42. The van der Waals surface area contributed by atoms with Gasteiger partial charge < -0.3 is 5.32 Å². The van der Waals surface area contributed by atoms with E-state index in [9.17, 15) is 9.59 Å². The summed E-state index contributed by atoms with van der Waals surface area (Å²) in [7, 11) is 0. The van der Waals surface area contributed by atoms with Crippen molar-refractivity contribution < 1.29 is 9.59 Å². The molecule has 0 spiro atoms. The van der Waals surface area contributed by atoms with Crippen LogP contribution in [0.25, 0.3) is 0 Å². The van der Waals surface area contributed by atoms with Crippen LogP contribution < -0.4 is 10.7 Å². The molecular formula is C11H19N3O2. The molecule has 1 aliphatic rings. The molecule has 0 saturated carbocycles. The van der Waals surface area contributed by atoms with Gasteiger partial charge in [-0.3, -0.25) is 9.59 Å². The Balaban J connectivity index is 2.22. The van der Waals surface area contributed by atoms with Crippen LogP contribution in [0.3, 0.4) is 0 Å². The molecule has 0 bridgehead atoms. The van der Waals surface area contributed by atoms with Crippen LogP contribution in [-0.4, -0.2) is 24.1 Å². The summed E-state index contributed by atoms with van der Waals surface area (Å²) in [5, 5.41) is 6.53. The maximum atomic E-state index is 11.6. The van der Waals surface area contributed by atoms with Gasteiger partial charge in [0.2, 0.25) is 5.91 Å². The van der Waals surface area contributed by atoms with Crippen LogP contribution in [0.1, 0.15) is 39.5 Å². The Labute approximate surface area is 95.7 Å². The summed E-state index contributed by atoms with van der Waals surface area (Å²) >= 11 is 0. The lowest BCUT2D eigenvalue weighted by atomic mass is 10.1. The molecule has 5 heteroatoms. The molecule has 0 radical (unpaired) electrons. The van der Waals surface area contributed by atoms with E-state index in [2.05, 4.69) is 29.7 Å². The molecule has 0 atom stereocenters. The zero-order valence-corrected chi connectivity index (χ0v) is 9.88. The zero-order chi connectivity index (χ0) is 12.0. The first-order valence-electron chi connectivity index (χ1n) is 5.73. The van der Waals surface area contributed by atoms with Crippen LogP contribution in [0.2, 0.25) is 0 Å². The first-order chi connectivity index (χ1) is 7.59. The van der Waals surface area contributed by atoms with Crippen molar-refractivity contribution in [2.45, 2.75) is 39.5 Å². The molecule has 1 aliphatic heterocycles. The Hall–Kier alpha value is -1.39. The lowest BCUT2D eigenvalue weighted by molar-refractivity contribution is -0.121. The Kier molecular flexibility index (Phi) is 4.95. The van der Waals surface area contributed by atoms with E-state index in [1.54, 1.807) is 0 Å². The van der Waals surface area contributed by atoms with Gasteiger partial charge in [0.1, 0.15) is 5.71 Å². The number of carbonyl (C=O) groups excluding carboxylic acids is 2. The molecular weight excluding hydrogens is 206 g/mol. The summed E-state index contributed by atoms with van der Waals surface area (Å²) < 4.78 is 0. The standard InChI is InChI=1S/C11H19N3O2/c1-8(2)4-3-7-12-11(16)9-5-6-10(15)14-13-9/h8H,3-7H2,1-2H3,(H,12,16)(H,14,15). The second kappa shape index (κ2) is 6.25. The van der Waals surface area contributed by atoms with E-state index in [0.717, 1.165) is 12.8 Å². The van der Waals surface area contributed by atoms with Gasteiger partial charge in [-0.2, -0.15) is 5.10 Å². The highest BCUT2D eigenvalue weighted by atomic mass is 16.2. The average Bonchev–Trinajstić information content (AvgIpc) is 2.25. The number of hydrogen-bond donors (Lipinski definition) is 2. The Morgan fingerprint density at radius 2 is 2.25 bits per heavy atom. The van der Waals surface area contributed by atoms with Crippen LogP contribution in [-0.2, 0) is 9.59 Å². The van der Waals surface area contributed by atoms with Crippen molar-refractivity contribution >= 4 is 17.5 Å². The monoisotopic (exact) mass is 225 g/mol. The third-order valence-corrected chi connectivity index (χ3v) is 2.41. The van der Waals surface area contributed by atoms with Crippen LogP contribution >= 0.6 is 0 Å². The summed E-state index contributed by atoms with van der Waals surface area (Å²) in [6, 6.07) is 0. The number of carbonyl (C=O) groups is 2. The van der Waals surface area contributed by atoms with Gasteiger partial charge in [-0.1, -0.05) is 13.8 Å². The van der Waals surface area contributed by atoms with Gasteiger partial charge in [0.05, 0.1) is 0 Å². The van der Waals surface area contributed by atoms with E-state index < -0.39 is 0 Å². The predicted octanol–water partition coefficient (Wildman–Crippen LogP) is 0.805. The molecule has 16 heavy (non-hydrogen) atoms. The fourth-order valence-corrected chi connectivity index (χ4v) is 1.45. The highest BCUT2D eigenvalue weighted by Gasteiger charge is 2.17. The first kappa shape index (κ1) is 12.7. The van der Waals surface area contributed by atoms with Crippen molar-refractivity contribution in [3.8, 4) is 0 Å².